The summed E-state index contributed by atoms with van der Waals surface area (Å²) < 4.78 is 22.4. The van der Waals surface area contributed by atoms with Gasteiger partial charge in [0.1, 0.15) is 9.84 Å². The summed E-state index contributed by atoms with van der Waals surface area (Å²) in [5.74, 6) is 1.40. The normalized spacial score (nSPS) is 18.4. The first-order valence-electron chi connectivity index (χ1n) is 7.15. The molecule has 118 valence electrons. The van der Waals surface area contributed by atoms with Gasteiger partial charge < -0.3 is 10.4 Å². The third-order valence-corrected chi connectivity index (χ3v) is 5.99. The monoisotopic (exact) mass is 329 g/mol. The van der Waals surface area contributed by atoms with Crippen molar-refractivity contribution in [2.45, 2.75) is 24.4 Å². The highest BCUT2D eigenvalue weighted by atomic mass is 32.2. The third kappa shape index (κ3) is 5.29. The summed E-state index contributed by atoms with van der Waals surface area (Å²) in [4.78, 5) is 0. The van der Waals surface area contributed by atoms with E-state index in [0.717, 1.165) is 18.4 Å². The predicted octanol–water partition coefficient (Wildman–Crippen LogP) is 1.40. The molecule has 0 aromatic heterocycles. The first-order valence-corrected chi connectivity index (χ1v) is 10.4. The van der Waals surface area contributed by atoms with E-state index in [2.05, 4.69) is 5.32 Å². The Morgan fingerprint density at radius 1 is 1.33 bits per heavy atom. The van der Waals surface area contributed by atoms with Crippen molar-refractivity contribution in [3.05, 3.63) is 35.9 Å². The molecule has 1 aromatic rings. The number of thioether (sulfide) groups is 1. The molecule has 1 fully saturated rings. The predicted molar refractivity (Wildman–Crippen MR) is 88.4 cm³/mol. The highest BCUT2D eigenvalue weighted by Gasteiger charge is 2.37. The quantitative estimate of drug-likeness (QED) is 0.671. The maximum atomic E-state index is 11.2. The van der Waals surface area contributed by atoms with Crippen molar-refractivity contribution in [2.75, 3.05) is 30.1 Å². The fourth-order valence-corrected chi connectivity index (χ4v) is 4.74. The fraction of sp³-hybridized carbons (Fsp3) is 0.600. The molecular weight excluding hydrogens is 306 g/mol. The minimum atomic E-state index is -2.93. The number of nitrogens with one attached hydrogen (secondary N) is 1. The van der Waals surface area contributed by atoms with Gasteiger partial charge in [-0.1, -0.05) is 30.3 Å². The zero-order valence-corrected chi connectivity index (χ0v) is 13.9. The molecule has 2 rings (SSSR count). The zero-order chi connectivity index (χ0) is 15.3. The summed E-state index contributed by atoms with van der Waals surface area (Å²) in [5, 5.41) is 13.5. The molecule has 1 aliphatic carbocycles. The van der Waals surface area contributed by atoms with Gasteiger partial charge in [-0.15, -0.1) is 0 Å². The molecule has 1 unspecified atom stereocenters. The summed E-state index contributed by atoms with van der Waals surface area (Å²) >= 11 is 1.57. The molecule has 6 heteroatoms. The van der Waals surface area contributed by atoms with Crippen molar-refractivity contribution in [2.24, 2.45) is 0 Å². The molecule has 21 heavy (non-hydrogen) atoms. The Labute approximate surface area is 131 Å². The highest BCUT2D eigenvalue weighted by Crippen LogP contribution is 2.31. The van der Waals surface area contributed by atoms with Crippen molar-refractivity contribution in [3.63, 3.8) is 0 Å². The molecule has 1 saturated carbocycles. The molecule has 0 aliphatic heterocycles. The largest absolute Gasteiger partial charge is 0.394 e. The van der Waals surface area contributed by atoms with Gasteiger partial charge in [-0.3, -0.25) is 0 Å². The number of hydrogen-bond donors (Lipinski definition) is 2. The summed E-state index contributed by atoms with van der Waals surface area (Å²) in [5.41, 5.74) is 0.580. The summed E-state index contributed by atoms with van der Waals surface area (Å²) in [7, 11) is -2.93. The second-order valence-electron chi connectivity index (χ2n) is 5.71. The fourth-order valence-electron chi connectivity index (χ4n) is 2.22. The van der Waals surface area contributed by atoms with Crippen LogP contribution in [0.4, 0.5) is 0 Å². The third-order valence-electron chi connectivity index (χ3n) is 3.60. The number of aliphatic hydroxyl groups excluding tert-OH is 1. The molecule has 4 nitrogen and oxygen atoms in total. The van der Waals surface area contributed by atoms with Crippen LogP contribution in [0.15, 0.2) is 30.3 Å². The van der Waals surface area contributed by atoms with E-state index in [1.807, 2.05) is 30.3 Å². The Bertz CT molecular complexity index is 543. The van der Waals surface area contributed by atoms with E-state index in [0.29, 0.717) is 17.5 Å². The molecule has 0 radical (unpaired) electrons. The van der Waals surface area contributed by atoms with Crippen LogP contribution in [0, 0.1) is 0 Å². The maximum absolute atomic E-state index is 11.2. The van der Waals surface area contributed by atoms with Crippen molar-refractivity contribution >= 4 is 21.6 Å². The van der Waals surface area contributed by atoms with Crippen LogP contribution < -0.4 is 5.32 Å². The van der Waals surface area contributed by atoms with Crippen LogP contribution >= 0.6 is 11.8 Å². The Morgan fingerprint density at radius 3 is 2.52 bits per heavy atom. The average Bonchev–Trinajstić information content (AvgIpc) is 3.26. The summed E-state index contributed by atoms with van der Waals surface area (Å²) in [6.45, 7) is 0.0133. The molecule has 0 heterocycles. The smallest absolute Gasteiger partial charge is 0.148 e. The van der Waals surface area contributed by atoms with E-state index in [1.54, 1.807) is 11.8 Å². The number of sulfone groups is 1. The molecule has 1 aliphatic rings. The van der Waals surface area contributed by atoms with Crippen molar-refractivity contribution in [3.8, 4) is 0 Å². The topological polar surface area (TPSA) is 66.4 Å². The summed E-state index contributed by atoms with van der Waals surface area (Å²) in [6.07, 6.45) is 3.54. The zero-order valence-electron chi connectivity index (χ0n) is 12.3. The van der Waals surface area contributed by atoms with Gasteiger partial charge >= 0.3 is 0 Å². The first kappa shape index (κ1) is 16.8. The van der Waals surface area contributed by atoms with E-state index >= 15 is 0 Å². The lowest BCUT2D eigenvalue weighted by molar-refractivity contribution is 0.177. The number of aliphatic hydroxyl groups is 1. The molecule has 0 saturated heterocycles. The van der Waals surface area contributed by atoms with Crippen LogP contribution in [-0.4, -0.2) is 49.7 Å². The molecule has 1 aromatic carbocycles. The van der Waals surface area contributed by atoms with Gasteiger partial charge in [0.15, 0.2) is 0 Å². The minimum absolute atomic E-state index is 0.0133. The van der Waals surface area contributed by atoms with Crippen molar-refractivity contribution < 1.29 is 13.5 Å². The second kappa shape index (κ2) is 7.13. The highest BCUT2D eigenvalue weighted by molar-refractivity contribution is 8.00. The van der Waals surface area contributed by atoms with E-state index in [9.17, 15) is 13.5 Å². The van der Waals surface area contributed by atoms with E-state index < -0.39 is 15.4 Å². The lowest BCUT2D eigenvalue weighted by atomic mass is 9.92. The molecule has 0 bridgehead atoms. The standard InChI is InChI=1S/C15H23NO3S2/c1-21(18,19)10-9-20-12-15(11-17,16-14-7-8-14)13-5-3-2-4-6-13/h2-6,14,16-17H,7-12H2,1H3. The Balaban J connectivity index is 2.04. The SMILES string of the molecule is CS(=O)(=O)CCSCC(CO)(NC1CC1)c1ccccc1. The van der Waals surface area contributed by atoms with Gasteiger partial charge in [-0.05, 0) is 18.4 Å². The Kier molecular flexibility index (Phi) is 5.71. The maximum Gasteiger partial charge on any atom is 0.148 e. The lowest BCUT2D eigenvalue weighted by Crippen LogP contribution is -2.49. The minimum Gasteiger partial charge on any atom is -0.394 e. The van der Waals surface area contributed by atoms with Crippen LogP contribution in [0.2, 0.25) is 0 Å². The van der Waals surface area contributed by atoms with Crippen molar-refractivity contribution in [1.29, 1.82) is 0 Å². The average molecular weight is 329 g/mol. The molecule has 0 amide bonds. The second-order valence-corrected chi connectivity index (χ2v) is 9.07. The molecular formula is C15H23NO3S2. The number of benzene rings is 1. The van der Waals surface area contributed by atoms with Crippen LogP contribution in [0.5, 0.6) is 0 Å². The molecule has 2 N–H and O–H groups in total. The van der Waals surface area contributed by atoms with Crippen LogP contribution in [-0.2, 0) is 15.4 Å². The summed E-state index contributed by atoms with van der Waals surface area (Å²) in [6, 6.07) is 10.4. The lowest BCUT2D eigenvalue weighted by Gasteiger charge is -2.34. The molecule has 0 spiro atoms. The number of hydrogen-bond acceptors (Lipinski definition) is 5. The van der Waals surface area contributed by atoms with Crippen molar-refractivity contribution in [1.82, 2.24) is 5.32 Å². The van der Waals surface area contributed by atoms with E-state index in [-0.39, 0.29) is 12.4 Å². The van der Waals surface area contributed by atoms with Gasteiger partial charge in [0, 0.05) is 23.8 Å². The Hall–Kier alpha value is -0.560. The van der Waals surface area contributed by atoms with Gasteiger partial charge in [-0.2, -0.15) is 11.8 Å². The van der Waals surface area contributed by atoms with Gasteiger partial charge in [0.2, 0.25) is 0 Å². The Morgan fingerprint density at radius 2 is 2.00 bits per heavy atom. The van der Waals surface area contributed by atoms with Crippen LogP contribution in [0.1, 0.15) is 18.4 Å². The van der Waals surface area contributed by atoms with E-state index in [1.165, 1.54) is 6.26 Å². The van der Waals surface area contributed by atoms with Crippen LogP contribution in [0.3, 0.4) is 0 Å². The van der Waals surface area contributed by atoms with Gasteiger partial charge in [0.25, 0.3) is 0 Å². The number of rotatable bonds is 9. The van der Waals surface area contributed by atoms with E-state index in [4.69, 9.17) is 0 Å². The first-order chi connectivity index (χ1) is 9.95. The van der Waals surface area contributed by atoms with Gasteiger partial charge in [-0.25, -0.2) is 8.42 Å². The van der Waals surface area contributed by atoms with Gasteiger partial charge in [0.05, 0.1) is 17.9 Å². The van der Waals surface area contributed by atoms with Crippen LogP contribution in [0.25, 0.3) is 0 Å². The molecule has 1 atom stereocenters.